The van der Waals surface area contributed by atoms with Crippen LogP contribution in [-0.2, 0) is 19.2 Å². The van der Waals surface area contributed by atoms with Crippen LogP contribution in [0, 0.1) is 11.6 Å². The topological polar surface area (TPSA) is 76.2 Å². The molecule has 0 saturated carbocycles. The van der Waals surface area contributed by atoms with Gasteiger partial charge in [0.2, 0.25) is 5.60 Å². The Hall–Kier alpha value is -3.02. The normalized spacial score (nSPS) is 18.9. The molecule has 12 heteroatoms. The molecule has 0 radical (unpaired) electrons. The van der Waals surface area contributed by atoms with E-state index in [-0.39, 0.29) is 29.7 Å². The summed E-state index contributed by atoms with van der Waals surface area (Å²) in [5.74, 6) is -3.32. The summed E-state index contributed by atoms with van der Waals surface area (Å²) in [7, 11) is 1.46. The van der Waals surface area contributed by atoms with Crippen molar-refractivity contribution in [2.75, 3.05) is 6.54 Å². The molecule has 2 atom stereocenters. The van der Waals surface area contributed by atoms with Crippen molar-refractivity contribution in [1.82, 2.24) is 24.2 Å². The third-order valence-corrected chi connectivity index (χ3v) is 5.50. The number of halogens is 5. The van der Waals surface area contributed by atoms with Crippen molar-refractivity contribution in [1.29, 1.82) is 0 Å². The molecule has 166 valence electrons. The number of amides is 1. The minimum absolute atomic E-state index is 0.0134. The molecule has 1 N–H and O–H groups in total. The van der Waals surface area contributed by atoms with Crippen LogP contribution in [0.5, 0.6) is 0 Å². The van der Waals surface area contributed by atoms with E-state index in [4.69, 9.17) is 0 Å². The van der Waals surface area contributed by atoms with Gasteiger partial charge >= 0.3 is 6.18 Å². The molecule has 1 amide bonds. The summed E-state index contributed by atoms with van der Waals surface area (Å²) in [5.41, 5.74) is -2.74. The number of nitrogens with zero attached hydrogens (tertiary/aromatic N) is 5. The molecule has 3 aromatic rings. The zero-order valence-electron chi connectivity index (χ0n) is 16.7. The third-order valence-electron chi connectivity index (χ3n) is 5.50. The number of hydrogen-bond donors (Lipinski definition) is 1. The van der Waals surface area contributed by atoms with Crippen LogP contribution < -0.4 is 0 Å². The Morgan fingerprint density at radius 1 is 1.23 bits per heavy atom. The monoisotopic (exact) mass is 443 g/mol. The number of benzene rings is 1. The van der Waals surface area contributed by atoms with E-state index >= 15 is 0 Å². The first-order chi connectivity index (χ1) is 14.3. The van der Waals surface area contributed by atoms with Crippen molar-refractivity contribution in [3.8, 4) is 0 Å². The number of carbonyl (C=O) groups excluding carboxylic acids is 1. The standard InChI is InChI=1S/C19H18F5N5O2/c1-9-7-28(8-10-6-25-17(29(9)10)18(2,31)19(22,23)24)16(30)15-11-4-12(20)13(21)5-14(11)26-27(15)3/h4-6,9,31H,7-8H2,1-3H3/t9-,18+/m0/s1. The molecule has 0 fully saturated rings. The summed E-state index contributed by atoms with van der Waals surface area (Å²) >= 11 is 0. The highest BCUT2D eigenvalue weighted by Crippen LogP contribution is 2.40. The van der Waals surface area contributed by atoms with Gasteiger partial charge in [0.15, 0.2) is 17.5 Å². The van der Waals surface area contributed by atoms with Crippen molar-refractivity contribution < 1.29 is 31.9 Å². The van der Waals surface area contributed by atoms with Crippen LogP contribution in [0.4, 0.5) is 22.0 Å². The largest absolute Gasteiger partial charge is 0.424 e. The van der Waals surface area contributed by atoms with Crippen molar-refractivity contribution in [3.63, 3.8) is 0 Å². The van der Waals surface area contributed by atoms with Gasteiger partial charge in [0, 0.05) is 25.0 Å². The van der Waals surface area contributed by atoms with E-state index in [1.54, 1.807) is 6.92 Å². The number of rotatable bonds is 2. The molecule has 1 aromatic carbocycles. The van der Waals surface area contributed by atoms with Crippen LogP contribution in [-0.4, -0.2) is 48.0 Å². The van der Waals surface area contributed by atoms with Crippen LogP contribution in [0.1, 0.15) is 41.9 Å². The molecule has 4 rings (SSSR count). The third kappa shape index (κ3) is 3.16. The quantitative estimate of drug-likeness (QED) is 0.618. The predicted molar refractivity (Wildman–Crippen MR) is 97.9 cm³/mol. The number of aliphatic hydroxyl groups is 1. The highest BCUT2D eigenvalue weighted by molar-refractivity contribution is 6.05. The Kier molecular flexibility index (Phi) is 4.61. The molecule has 3 heterocycles. The van der Waals surface area contributed by atoms with Crippen molar-refractivity contribution >= 4 is 16.8 Å². The Balaban J connectivity index is 1.72. The Labute approximate surface area is 172 Å². The van der Waals surface area contributed by atoms with Gasteiger partial charge < -0.3 is 14.6 Å². The molecule has 0 bridgehead atoms. The lowest BCUT2D eigenvalue weighted by Crippen LogP contribution is -2.46. The fourth-order valence-corrected chi connectivity index (χ4v) is 3.91. The van der Waals surface area contributed by atoms with Gasteiger partial charge in [0.1, 0.15) is 5.69 Å². The SMILES string of the molecule is C[C@H]1CN(C(=O)c2c3cc(F)c(F)cc3nn2C)Cc2cnc([C@@](C)(O)C(F)(F)F)n21. The lowest BCUT2D eigenvalue weighted by Gasteiger charge is -2.36. The molecular weight excluding hydrogens is 425 g/mol. The molecule has 1 aliphatic rings. The Morgan fingerprint density at radius 2 is 1.87 bits per heavy atom. The smallest absolute Gasteiger partial charge is 0.374 e. The average molecular weight is 443 g/mol. The Bertz CT molecular complexity index is 1200. The van der Waals surface area contributed by atoms with Gasteiger partial charge in [-0.3, -0.25) is 9.48 Å². The van der Waals surface area contributed by atoms with Crippen molar-refractivity contribution in [2.45, 2.75) is 38.2 Å². The molecule has 1 aliphatic heterocycles. The summed E-state index contributed by atoms with van der Waals surface area (Å²) in [4.78, 5) is 18.3. The summed E-state index contributed by atoms with van der Waals surface area (Å²) in [6.07, 6.45) is -3.75. The van der Waals surface area contributed by atoms with Crippen LogP contribution in [0.2, 0.25) is 0 Å². The summed E-state index contributed by atoms with van der Waals surface area (Å²) in [6, 6.07) is 1.15. The maximum absolute atomic E-state index is 13.7. The molecule has 0 spiro atoms. The summed E-state index contributed by atoms with van der Waals surface area (Å²) in [6.45, 7) is 2.15. The van der Waals surface area contributed by atoms with E-state index in [0.717, 1.165) is 12.1 Å². The molecule has 2 aromatic heterocycles. The number of alkyl halides is 3. The first-order valence-corrected chi connectivity index (χ1v) is 9.29. The molecule has 0 unspecified atom stereocenters. The zero-order chi connectivity index (χ0) is 22.9. The summed E-state index contributed by atoms with van der Waals surface area (Å²) in [5, 5.41) is 14.2. The van der Waals surface area contributed by atoms with Gasteiger partial charge in [-0.05, 0) is 19.9 Å². The van der Waals surface area contributed by atoms with E-state index in [1.165, 1.54) is 27.4 Å². The minimum Gasteiger partial charge on any atom is -0.374 e. The van der Waals surface area contributed by atoms with Crippen LogP contribution >= 0.6 is 0 Å². The van der Waals surface area contributed by atoms with Crippen LogP contribution in [0.25, 0.3) is 10.9 Å². The first kappa shape index (κ1) is 21.2. The maximum atomic E-state index is 13.7. The zero-order valence-corrected chi connectivity index (χ0v) is 16.7. The lowest BCUT2D eigenvalue weighted by atomic mass is 10.0. The first-order valence-electron chi connectivity index (χ1n) is 9.29. The number of imidazole rings is 1. The van der Waals surface area contributed by atoms with E-state index in [1.807, 2.05) is 0 Å². The molecular formula is C19H18F5N5O2. The highest BCUT2D eigenvalue weighted by atomic mass is 19.4. The summed E-state index contributed by atoms with van der Waals surface area (Å²) < 4.78 is 69.7. The second-order valence-electron chi connectivity index (χ2n) is 7.80. The van der Waals surface area contributed by atoms with Gasteiger partial charge in [-0.1, -0.05) is 0 Å². The number of aryl methyl sites for hydroxylation is 1. The lowest BCUT2D eigenvalue weighted by molar-refractivity contribution is -0.263. The van der Waals surface area contributed by atoms with Gasteiger partial charge in [-0.15, -0.1) is 0 Å². The van der Waals surface area contributed by atoms with E-state index < -0.39 is 41.2 Å². The highest BCUT2D eigenvalue weighted by Gasteiger charge is 2.55. The number of fused-ring (bicyclic) bond motifs is 2. The maximum Gasteiger partial charge on any atom is 0.424 e. The predicted octanol–water partition coefficient (Wildman–Crippen LogP) is 3.03. The molecule has 7 nitrogen and oxygen atoms in total. The van der Waals surface area contributed by atoms with E-state index in [0.29, 0.717) is 12.6 Å². The van der Waals surface area contributed by atoms with Crippen molar-refractivity contribution in [2.24, 2.45) is 7.05 Å². The molecule has 0 saturated heterocycles. The van der Waals surface area contributed by atoms with Crippen LogP contribution in [0.3, 0.4) is 0 Å². The number of aromatic nitrogens is 4. The molecule has 0 aliphatic carbocycles. The van der Waals surface area contributed by atoms with Gasteiger partial charge in [-0.25, -0.2) is 13.8 Å². The van der Waals surface area contributed by atoms with Gasteiger partial charge in [-0.2, -0.15) is 18.3 Å². The Morgan fingerprint density at radius 3 is 2.52 bits per heavy atom. The molecule has 31 heavy (non-hydrogen) atoms. The van der Waals surface area contributed by atoms with Gasteiger partial charge in [0.05, 0.1) is 30.0 Å². The number of carbonyl (C=O) groups is 1. The average Bonchev–Trinajstić information content (AvgIpc) is 3.22. The van der Waals surface area contributed by atoms with Crippen molar-refractivity contribution in [3.05, 3.63) is 47.2 Å². The van der Waals surface area contributed by atoms with Gasteiger partial charge in [0.25, 0.3) is 5.91 Å². The van der Waals surface area contributed by atoms with E-state index in [9.17, 15) is 31.9 Å². The second-order valence-corrected chi connectivity index (χ2v) is 7.80. The number of hydrogen-bond acceptors (Lipinski definition) is 4. The van der Waals surface area contributed by atoms with Crippen LogP contribution in [0.15, 0.2) is 18.3 Å². The second kappa shape index (κ2) is 6.74. The minimum atomic E-state index is -4.94. The van der Waals surface area contributed by atoms with E-state index in [2.05, 4.69) is 10.1 Å². The fourth-order valence-electron chi connectivity index (χ4n) is 3.91. The fraction of sp³-hybridized carbons (Fsp3) is 0.421.